The fourth-order valence-corrected chi connectivity index (χ4v) is 0.326. The average Bonchev–Trinajstić information content (AvgIpc) is 1.59. The molecule has 9 heavy (non-hydrogen) atoms. The van der Waals surface area contributed by atoms with E-state index in [1.54, 1.807) is 0 Å². The first-order valence-electron chi connectivity index (χ1n) is 1.97. The second-order valence-corrected chi connectivity index (χ2v) is 1.20. The van der Waals surface area contributed by atoms with Crippen molar-refractivity contribution in [3.8, 4) is 0 Å². The van der Waals surface area contributed by atoms with Gasteiger partial charge in [-0.15, -0.1) is 0 Å². The average molecular weight is 131 g/mol. The predicted octanol–water partition coefficient (Wildman–Crippen LogP) is 0.0642. The Morgan fingerprint density at radius 3 is 1.78 bits per heavy atom. The molecule has 0 unspecified atom stereocenters. The highest BCUT2D eigenvalue weighted by Crippen LogP contribution is 1.93. The molecule has 1 aromatic rings. The van der Waals surface area contributed by atoms with Gasteiger partial charge in [0.05, 0.1) is 0 Å². The largest absolute Gasteiger partial charge is 0.315 e. The number of rotatable bonds is 0. The molecule has 0 aromatic carbocycles. The van der Waals surface area contributed by atoms with Gasteiger partial charge in [0.1, 0.15) is 0 Å². The van der Waals surface area contributed by atoms with Crippen molar-refractivity contribution in [1.82, 2.24) is 20.7 Å². The second-order valence-electron chi connectivity index (χ2n) is 1.20. The number of aromatic nitrogens is 3. The fraction of sp³-hybridized carbons (Fsp3) is 0. The van der Waals surface area contributed by atoms with E-state index in [9.17, 15) is 8.78 Å². The highest BCUT2D eigenvalue weighted by atomic mass is 19.1. The van der Waals surface area contributed by atoms with Gasteiger partial charge in [0, 0.05) is 0 Å². The summed E-state index contributed by atoms with van der Waals surface area (Å²) < 4.78 is 23.6. The van der Waals surface area contributed by atoms with Crippen molar-refractivity contribution < 1.29 is 8.78 Å². The SMILES string of the molecule is [NH]c1nc(F)nc(F)n1. The van der Waals surface area contributed by atoms with Crippen LogP contribution in [0.1, 0.15) is 0 Å². The van der Waals surface area contributed by atoms with Crippen LogP contribution in [0.15, 0.2) is 0 Å². The van der Waals surface area contributed by atoms with Gasteiger partial charge in [0.2, 0.25) is 5.95 Å². The van der Waals surface area contributed by atoms with Crippen molar-refractivity contribution >= 4 is 5.95 Å². The number of hydrogen-bond acceptors (Lipinski definition) is 3. The van der Waals surface area contributed by atoms with Crippen LogP contribution in [0.2, 0.25) is 0 Å². The summed E-state index contributed by atoms with van der Waals surface area (Å²) in [5, 5.41) is 0. The Bertz CT molecular complexity index is 175. The molecule has 1 aromatic heterocycles. The molecule has 1 radical (unpaired) electrons. The van der Waals surface area contributed by atoms with Gasteiger partial charge in [-0.25, -0.2) is 0 Å². The Kier molecular flexibility index (Phi) is 1.21. The summed E-state index contributed by atoms with van der Waals surface area (Å²) in [6.45, 7) is 0. The van der Waals surface area contributed by atoms with Crippen LogP contribution in [0.25, 0.3) is 0 Å². The lowest BCUT2D eigenvalue weighted by Crippen LogP contribution is -1.97. The summed E-state index contributed by atoms with van der Waals surface area (Å²) in [4.78, 5) is 8.10. The van der Waals surface area contributed by atoms with E-state index in [-0.39, 0.29) is 0 Å². The first-order chi connectivity index (χ1) is 4.18. The Labute approximate surface area is 48.8 Å². The smallest absolute Gasteiger partial charge is 0.265 e. The topological polar surface area (TPSA) is 62.5 Å². The number of hydrogen-bond donors (Lipinski definition) is 0. The summed E-state index contributed by atoms with van der Waals surface area (Å²) in [6.07, 6.45) is -2.54. The molecule has 1 N–H and O–H groups in total. The van der Waals surface area contributed by atoms with Gasteiger partial charge in [0.15, 0.2) is 0 Å². The van der Waals surface area contributed by atoms with E-state index < -0.39 is 18.1 Å². The van der Waals surface area contributed by atoms with E-state index in [1.807, 2.05) is 0 Å². The minimum Gasteiger partial charge on any atom is -0.265 e. The number of halogens is 2. The molecule has 0 aliphatic carbocycles. The molecule has 0 aliphatic rings. The zero-order chi connectivity index (χ0) is 6.85. The van der Waals surface area contributed by atoms with E-state index in [1.165, 1.54) is 0 Å². The highest BCUT2D eigenvalue weighted by molar-refractivity contribution is 5.03. The van der Waals surface area contributed by atoms with Crippen molar-refractivity contribution in [3.63, 3.8) is 0 Å². The summed E-state index contributed by atoms with van der Waals surface area (Å²) in [6, 6.07) is 0. The molecule has 6 heteroatoms. The third kappa shape index (κ3) is 1.28. The lowest BCUT2D eigenvalue weighted by atomic mass is 10.9. The van der Waals surface area contributed by atoms with Crippen molar-refractivity contribution in [2.24, 2.45) is 0 Å². The van der Waals surface area contributed by atoms with Crippen LogP contribution in [-0.4, -0.2) is 15.0 Å². The standard InChI is InChI=1S/C3HF2N4/c4-1-7-2(5)9-3(6)8-1/h6H. The molecule has 0 aliphatic heterocycles. The van der Waals surface area contributed by atoms with Gasteiger partial charge in [0.25, 0.3) is 0 Å². The number of nitrogens with one attached hydrogen (secondary N) is 1. The van der Waals surface area contributed by atoms with Gasteiger partial charge in [-0.3, -0.25) is 5.73 Å². The zero-order valence-corrected chi connectivity index (χ0v) is 4.10. The monoisotopic (exact) mass is 131 g/mol. The van der Waals surface area contributed by atoms with E-state index in [2.05, 4.69) is 15.0 Å². The lowest BCUT2D eigenvalue weighted by molar-refractivity contribution is 0.456. The lowest BCUT2D eigenvalue weighted by Gasteiger charge is -1.87. The predicted molar refractivity (Wildman–Crippen MR) is 22.5 cm³/mol. The first-order valence-corrected chi connectivity index (χ1v) is 1.97. The van der Waals surface area contributed by atoms with Gasteiger partial charge < -0.3 is 0 Å². The Morgan fingerprint density at radius 1 is 1.00 bits per heavy atom. The van der Waals surface area contributed by atoms with Crippen LogP contribution in [0.3, 0.4) is 0 Å². The highest BCUT2D eigenvalue weighted by Gasteiger charge is 2.00. The molecule has 0 bridgehead atoms. The minimum atomic E-state index is -1.27. The normalized spacial score (nSPS) is 9.56. The Balaban J connectivity index is 3.17. The van der Waals surface area contributed by atoms with E-state index in [4.69, 9.17) is 5.73 Å². The molecule has 0 saturated carbocycles. The molecule has 1 rings (SSSR count). The molecule has 1 heterocycles. The molecular formula is C3HF2N4. The van der Waals surface area contributed by atoms with E-state index in [0.29, 0.717) is 0 Å². The Hall–Kier alpha value is -1.33. The summed E-state index contributed by atoms with van der Waals surface area (Å²) in [5.74, 6) is -0.708. The van der Waals surface area contributed by atoms with Gasteiger partial charge >= 0.3 is 12.2 Å². The maximum absolute atomic E-state index is 11.8. The molecule has 0 atom stereocenters. The number of nitrogens with zero attached hydrogens (tertiary/aromatic N) is 3. The summed E-state index contributed by atoms with van der Waals surface area (Å²) in [5.41, 5.74) is 6.53. The van der Waals surface area contributed by atoms with Crippen molar-refractivity contribution in [1.29, 1.82) is 0 Å². The maximum atomic E-state index is 11.8. The summed E-state index contributed by atoms with van der Waals surface area (Å²) in [7, 11) is 0. The fourth-order valence-electron chi connectivity index (χ4n) is 0.326. The van der Waals surface area contributed by atoms with Crippen LogP contribution in [0.4, 0.5) is 14.7 Å². The quantitative estimate of drug-likeness (QED) is 0.500. The van der Waals surface area contributed by atoms with Crippen LogP contribution >= 0.6 is 0 Å². The third-order valence-electron chi connectivity index (χ3n) is 0.581. The molecule has 4 nitrogen and oxygen atoms in total. The molecule has 47 valence electrons. The van der Waals surface area contributed by atoms with Crippen molar-refractivity contribution in [2.45, 2.75) is 0 Å². The van der Waals surface area contributed by atoms with Gasteiger partial charge in [-0.2, -0.15) is 23.7 Å². The van der Waals surface area contributed by atoms with Crippen molar-refractivity contribution in [2.75, 3.05) is 0 Å². The van der Waals surface area contributed by atoms with Gasteiger partial charge in [-0.05, 0) is 0 Å². The van der Waals surface area contributed by atoms with Crippen LogP contribution < -0.4 is 5.73 Å². The van der Waals surface area contributed by atoms with Crippen molar-refractivity contribution in [3.05, 3.63) is 12.2 Å². The molecule has 0 amide bonds. The molecule has 0 spiro atoms. The third-order valence-corrected chi connectivity index (χ3v) is 0.581. The minimum absolute atomic E-state index is 0.708. The molecule has 0 saturated heterocycles. The van der Waals surface area contributed by atoms with Crippen LogP contribution in [0, 0.1) is 12.2 Å². The van der Waals surface area contributed by atoms with Crippen LogP contribution in [-0.2, 0) is 0 Å². The first kappa shape index (κ1) is 5.80. The van der Waals surface area contributed by atoms with Gasteiger partial charge in [-0.1, -0.05) is 0 Å². The maximum Gasteiger partial charge on any atom is 0.315 e. The zero-order valence-electron chi connectivity index (χ0n) is 4.10. The van der Waals surface area contributed by atoms with E-state index >= 15 is 0 Å². The summed E-state index contributed by atoms with van der Waals surface area (Å²) >= 11 is 0. The molecular weight excluding hydrogens is 130 g/mol. The Morgan fingerprint density at radius 2 is 1.44 bits per heavy atom. The second kappa shape index (κ2) is 1.88. The molecule has 0 fully saturated rings. The van der Waals surface area contributed by atoms with Crippen LogP contribution in [0.5, 0.6) is 0 Å². The van der Waals surface area contributed by atoms with E-state index in [0.717, 1.165) is 0 Å².